The molecule has 1 aliphatic rings. The molecule has 0 saturated carbocycles. The summed E-state index contributed by atoms with van der Waals surface area (Å²) in [5, 5.41) is 15.3. The Hall–Kier alpha value is -1.65. The third kappa shape index (κ3) is 3.17. The highest BCUT2D eigenvalue weighted by molar-refractivity contribution is 5.81. The molecule has 1 N–H and O–H groups in total. The first-order valence-corrected chi connectivity index (χ1v) is 7.36. The van der Waals surface area contributed by atoms with E-state index in [1.807, 2.05) is 30.3 Å². The van der Waals surface area contributed by atoms with Crippen molar-refractivity contribution in [3.63, 3.8) is 0 Å². The van der Waals surface area contributed by atoms with Crippen molar-refractivity contribution in [3.05, 3.63) is 48.6 Å². The van der Waals surface area contributed by atoms with Crippen LogP contribution in [-0.2, 0) is 15.3 Å². The topological polar surface area (TPSA) is 60.6 Å². The second-order valence-electron chi connectivity index (χ2n) is 5.37. The van der Waals surface area contributed by atoms with Gasteiger partial charge in [-0.3, -0.25) is 0 Å². The monoisotopic (exact) mass is 288 g/mol. The first kappa shape index (κ1) is 15.7. The fraction of sp³-hybridized carbons (Fsp3) is 0.471. The van der Waals surface area contributed by atoms with Crippen molar-refractivity contribution in [3.8, 4) is 0 Å². The SMILES string of the molecule is C=CCC[C@]1(C(=O)OCC)CC[C@](O)(c2ccccc2)[N]1. The lowest BCUT2D eigenvalue weighted by molar-refractivity contribution is -0.153. The van der Waals surface area contributed by atoms with Crippen molar-refractivity contribution in [2.75, 3.05) is 6.61 Å². The summed E-state index contributed by atoms with van der Waals surface area (Å²) >= 11 is 0. The number of rotatable bonds is 6. The molecule has 1 aliphatic heterocycles. The molecule has 1 aromatic carbocycles. The second-order valence-corrected chi connectivity index (χ2v) is 5.37. The molecule has 21 heavy (non-hydrogen) atoms. The summed E-state index contributed by atoms with van der Waals surface area (Å²) in [6, 6.07) is 9.27. The van der Waals surface area contributed by atoms with Gasteiger partial charge in [-0.25, -0.2) is 4.79 Å². The summed E-state index contributed by atoms with van der Waals surface area (Å²) in [6.45, 7) is 5.79. The molecular formula is C17H22NO3. The van der Waals surface area contributed by atoms with Crippen LogP contribution in [0.15, 0.2) is 43.0 Å². The van der Waals surface area contributed by atoms with Gasteiger partial charge in [0.05, 0.1) is 6.61 Å². The molecule has 1 fully saturated rings. The number of ether oxygens (including phenoxy) is 1. The summed E-state index contributed by atoms with van der Waals surface area (Å²) in [4.78, 5) is 12.3. The summed E-state index contributed by atoms with van der Waals surface area (Å²) in [5.41, 5.74) is -1.56. The number of carbonyl (C=O) groups is 1. The largest absolute Gasteiger partial charge is 0.465 e. The normalized spacial score (nSPS) is 28.3. The van der Waals surface area contributed by atoms with Crippen molar-refractivity contribution >= 4 is 5.97 Å². The standard InChI is InChI=1S/C17H22NO3/c1-3-5-11-16(15(19)21-4-2)12-13-17(20,18-16)14-9-7-6-8-10-14/h3,6-10,20H,1,4-5,11-13H2,2H3/t16-,17+/m1/s1. The quantitative estimate of drug-likeness (QED) is 0.646. The average Bonchev–Trinajstić information content (AvgIpc) is 2.86. The minimum atomic E-state index is -1.31. The van der Waals surface area contributed by atoms with E-state index in [4.69, 9.17) is 4.74 Å². The fourth-order valence-electron chi connectivity index (χ4n) is 2.80. The predicted molar refractivity (Wildman–Crippen MR) is 80.5 cm³/mol. The maximum Gasteiger partial charge on any atom is 0.328 e. The van der Waals surface area contributed by atoms with Crippen LogP contribution in [0, 0.1) is 0 Å². The minimum absolute atomic E-state index is 0.313. The lowest BCUT2D eigenvalue weighted by Crippen LogP contribution is -2.49. The number of esters is 1. The lowest BCUT2D eigenvalue weighted by Gasteiger charge is -2.29. The highest BCUT2D eigenvalue weighted by Crippen LogP contribution is 2.41. The van der Waals surface area contributed by atoms with Crippen LogP contribution >= 0.6 is 0 Å². The van der Waals surface area contributed by atoms with E-state index in [0.29, 0.717) is 32.3 Å². The van der Waals surface area contributed by atoms with Gasteiger partial charge in [0.1, 0.15) is 5.54 Å². The van der Waals surface area contributed by atoms with Gasteiger partial charge in [0.15, 0.2) is 5.72 Å². The van der Waals surface area contributed by atoms with Crippen LogP contribution in [0.1, 0.15) is 38.2 Å². The first-order valence-electron chi connectivity index (χ1n) is 7.36. The molecule has 1 aromatic rings. The fourth-order valence-corrected chi connectivity index (χ4v) is 2.80. The Morgan fingerprint density at radius 1 is 1.43 bits per heavy atom. The number of carbonyl (C=O) groups excluding carboxylic acids is 1. The molecule has 2 atom stereocenters. The van der Waals surface area contributed by atoms with Crippen molar-refractivity contribution in [2.45, 2.75) is 43.9 Å². The van der Waals surface area contributed by atoms with Crippen molar-refractivity contribution < 1.29 is 14.6 Å². The molecule has 1 heterocycles. The van der Waals surface area contributed by atoms with Gasteiger partial charge in [0, 0.05) is 0 Å². The van der Waals surface area contributed by atoms with E-state index in [9.17, 15) is 9.90 Å². The molecule has 0 unspecified atom stereocenters. The van der Waals surface area contributed by atoms with Gasteiger partial charge in [-0.15, -0.1) is 6.58 Å². The van der Waals surface area contributed by atoms with Gasteiger partial charge < -0.3 is 9.84 Å². The summed E-state index contributed by atoms with van der Waals surface area (Å²) in [7, 11) is 0. The molecule has 2 rings (SSSR count). The van der Waals surface area contributed by atoms with Crippen LogP contribution in [0.4, 0.5) is 0 Å². The molecule has 113 valence electrons. The Bertz CT molecular complexity index is 502. The number of aliphatic hydroxyl groups is 1. The third-order valence-corrected chi connectivity index (χ3v) is 3.94. The molecule has 1 radical (unpaired) electrons. The van der Waals surface area contributed by atoms with Gasteiger partial charge in [0.25, 0.3) is 0 Å². The molecule has 4 nitrogen and oxygen atoms in total. The highest BCUT2D eigenvalue weighted by Gasteiger charge is 2.53. The zero-order valence-electron chi connectivity index (χ0n) is 12.4. The molecule has 4 heteroatoms. The van der Waals surface area contributed by atoms with E-state index in [-0.39, 0.29) is 5.97 Å². The number of benzene rings is 1. The Kier molecular flexibility index (Phi) is 4.80. The van der Waals surface area contributed by atoms with Gasteiger partial charge in [-0.1, -0.05) is 36.4 Å². The van der Waals surface area contributed by atoms with Gasteiger partial charge in [0.2, 0.25) is 0 Å². The molecule has 0 amide bonds. The summed E-state index contributed by atoms with van der Waals surface area (Å²) in [6.07, 6.45) is 3.85. The van der Waals surface area contributed by atoms with E-state index in [2.05, 4.69) is 11.9 Å². The maximum atomic E-state index is 12.3. The van der Waals surface area contributed by atoms with Crippen LogP contribution < -0.4 is 5.32 Å². The van der Waals surface area contributed by atoms with Crippen LogP contribution in [0.25, 0.3) is 0 Å². The summed E-state index contributed by atoms with van der Waals surface area (Å²) in [5.74, 6) is -0.348. The van der Waals surface area contributed by atoms with E-state index in [0.717, 1.165) is 5.56 Å². The van der Waals surface area contributed by atoms with E-state index >= 15 is 0 Å². The molecular weight excluding hydrogens is 266 g/mol. The zero-order chi connectivity index (χ0) is 15.3. The molecule has 0 aliphatic carbocycles. The average molecular weight is 288 g/mol. The minimum Gasteiger partial charge on any atom is -0.465 e. The summed E-state index contributed by atoms with van der Waals surface area (Å²) < 4.78 is 5.18. The van der Waals surface area contributed by atoms with Crippen LogP contribution in [-0.4, -0.2) is 23.2 Å². The van der Waals surface area contributed by atoms with Crippen LogP contribution in [0.3, 0.4) is 0 Å². The van der Waals surface area contributed by atoms with E-state index in [1.165, 1.54) is 0 Å². The Morgan fingerprint density at radius 3 is 2.76 bits per heavy atom. The third-order valence-electron chi connectivity index (χ3n) is 3.94. The predicted octanol–water partition coefficient (Wildman–Crippen LogP) is 2.50. The van der Waals surface area contributed by atoms with Gasteiger partial charge >= 0.3 is 5.97 Å². The Balaban J connectivity index is 2.25. The van der Waals surface area contributed by atoms with Crippen LogP contribution in [0.5, 0.6) is 0 Å². The number of hydrogen-bond acceptors (Lipinski definition) is 3. The second kappa shape index (κ2) is 6.41. The Labute approximate surface area is 125 Å². The van der Waals surface area contributed by atoms with Gasteiger partial charge in [-0.2, -0.15) is 5.32 Å². The van der Waals surface area contributed by atoms with Crippen molar-refractivity contribution in [1.82, 2.24) is 5.32 Å². The highest BCUT2D eigenvalue weighted by atomic mass is 16.5. The molecule has 1 saturated heterocycles. The number of nitrogens with zero attached hydrogens (tertiary/aromatic N) is 1. The van der Waals surface area contributed by atoms with Crippen LogP contribution in [0.2, 0.25) is 0 Å². The molecule has 0 aromatic heterocycles. The van der Waals surface area contributed by atoms with E-state index in [1.54, 1.807) is 13.0 Å². The smallest absolute Gasteiger partial charge is 0.328 e. The van der Waals surface area contributed by atoms with Crippen molar-refractivity contribution in [1.29, 1.82) is 0 Å². The van der Waals surface area contributed by atoms with Crippen molar-refractivity contribution in [2.24, 2.45) is 0 Å². The van der Waals surface area contributed by atoms with Gasteiger partial charge in [-0.05, 0) is 38.2 Å². The Morgan fingerprint density at radius 2 is 2.14 bits per heavy atom. The molecule has 0 spiro atoms. The van der Waals surface area contributed by atoms with E-state index < -0.39 is 11.3 Å². The first-order chi connectivity index (χ1) is 10.1. The number of allylic oxidation sites excluding steroid dienone is 1. The zero-order valence-corrected chi connectivity index (χ0v) is 12.4. The lowest BCUT2D eigenvalue weighted by atomic mass is 9.91. The molecule has 0 bridgehead atoms. The maximum absolute atomic E-state index is 12.3. The number of hydrogen-bond donors (Lipinski definition) is 1.